The minimum absolute atomic E-state index is 0.00245. The third-order valence-electron chi connectivity index (χ3n) is 6.38. The summed E-state index contributed by atoms with van der Waals surface area (Å²) in [4.78, 5) is 21.1. The van der Waals surface area contributed by atoms with E-state index in [0.717, 1.165) is 26.7 Å². The Morgan fingerprint density at radius 2 is 1.71 bits per heavy atom. The van der Waals surface area contributed by atoms with E-state index in [-0.39, 0.29) is 47.0 Å². The van der Waals surface area contributed by atoms with E-state index in [1.54, 1.807) is 31.2 Å². The lowest BCUT2D eigenvalue weighted by atomic mass is 10.0. The molecule has 0 unspecified atom stereocenters. The van der Waals surface area contributed by atoms with Gasteiger partial charge in [-0.05, 0) is 41.3 Å². The van der Waals surface area contributed by atoms with Gasteiger partial charge in [0.2, 0.25) is 0 Å². The second-order valence-corrected chi connectivity index (χ2v) is 13.1. The molecule has 0 amide bonds. The average Bonchev–Trinajstić information content (AvgIpc) is 3.35. The lowest BCUT2D eigenvalue weighted by Crippen LogP contribution is -2.26. The highest BCUT2D eigenvalue weighted by Crippen LogP contribution is 2.42. The lowest BCUT2D eigenvalue weighted by molar-refractivity contribution is -0.274. The van der Waals surface area contributed by atoms with Crippen LogP contribution in [-0.2, 0) is 40.6 Å². The Bertz CT molecular complexity index is 1380. The summed E-state index contributed by atoms with van der Waals surface area (Å²) in [5.41, 5.74) is 2.58. The molecule has 204 valence electrons. The van der Waals surface area contributed by atoms with Gasteiger partial charge in [-0.1, -0.05) is 45.0 Å². The van der Waals surface area contributed by atoms with Gasteiger partial charge in [0.05, 0.1) is 28.8 Å². The van der Waals surface area contributed by atoms with Crippen LogP contribution in [0.4, 0.5) is 13.2 Å². The van der Waals surface area contributed by atoms with Crippen molar-refractivity contribution in [2.24, 2.45) is 5.92 Å². The van der Waals surface area contributed by atoms with Gasteiger partial charge in [0, 0.05) is 24.4 Å². The smallest absolute Gasteiger partial charge is 0.406 e. The van der Waals surface area contributed by atoms with Gasteiger partial charge in [0.15, 0.2) is 9.84 Å². The molecule has 0 radical (unpaired) electrons. The fourth-order valence-corrected chi connectivity index (χ4v) is 6.70. The van der Waals surface area contributed by atoms with Gasteiger partial charge in [0.1, 0.15) is 16.5 Å². The standard InChI is InChI=1S/C27H29F3N2O4S2/c1-4-38(34,35)22-11-7-18(8-12-22)13-20(33)14-24-31-25-23(37-24)16-32(26(25)17(2)3)15-19-5-9-21(10-6-19)36-27(28,29)30/h5-12,17,26H,4,13-16H2,1-3H3/t26-/m1/s1. The predicted octanol–water partition coefficient (Wildman–Crippen LogP) is 5.90. The summed E-state index contributed by atoms with van der Waals surface area (Å²) in [5, 5.41) is 0.754. The Balaban J connectivity index is 1.39. The van der Waals surface area contributed by atoms with Gasteiger partial charge in [-0.25, -0.2) is 13.4 Å². The number of Topliss-reactive ketones (excluding diaryl/α,β-unsaturated/α-hetero) is 1. The number of ether oxygens (including phenoxy) is 1. The summed E-state index contributed by atoms with van der Waals surface area (Å²) < 4.78 is 65.2. The van der Waals surface area contributed by atoms with Crippen molar-refractivity contribution < 1.29 is 31.1 Å². The van der Waals surface area contributed by atoms with Gasteiger partial charge in [0.25, 0.3) is 0 Å². The topological polar surface area (TPSA) is 76.6 Å². The minimum atomic E-state index is -4.72. The van der Waals surface area contributed by atoms with Crippen molar-refractivity contribution in [1.29, 1.82) is 0 Å². The Kier molecular flexibility index (Phi) is 8.29. The molecule has 3 aromatic rings. The van der Waals surface area contributed by atoms with Crippen LogP contribution in [0.3, 0.4) is 0 Å². The van der Waals surface area contributed by atoms with Crippen LogP contribution in [-0.4, -0.2) is 36.2 Å². The first-order valence-electron chi connectivity index (χ1n) is 12.2. The second kappa shape index (κ2) is 11.2. The molecule has 0 spiro atoms. The van der Waals surface area contributed by atoms with Crippen molar-refractivity contribution >= 4 is 27.0 Å². The molecule has 0 bridgehead atoms. The fourth-order valence-electron chi connectivity index (χ4n) is 4.65. The molecule has 6 nitrogen and oxygen atoms in total. The number of sulfone groups is 1. The van der Waals surface area contributed by atoms with E-state index in [1.165, 1.54) is 35.6 Å². The molecule has 1 aliphatic rings. The zero-order valence-electron chi connectivity index (χ0n) is 21.3. The normalized spacial score (nSPS) is 16.1. The maximum Gasteiger partial charge on any atom is 0.573 e. The molecule has 0 aliphatic carbocycles. The molecule has 1 atom stereocenters. The van der Waals surface area contributed by atoms with E-state index >= 15 is 0 Å². The SMILES string of the molecule is CCS(=O)(=O)c1ccc(CC(=O)Cc2nc3c(s2)CN(Cc2ccc(OC(F)(F)F)cc2)[C@@H]3C(C)C)cc1. The number of hydrogen-bond acceptors (Lipinski definition) is 7. The number of carbonyl (C=O) groups is 1. The van der Waals surface area contributed by atoms with E-state index < -0.39 is 16.2 Å². The van der Waals surface area contributed by atoms with E-state index in [0.29, 0.717) is 13.1 Å². The number of aromatic nitrogens is 1. The number of nitrogens with zero attached hydrogens (tertiary/aromatic N) is 2. The summed E-state index contributed by atoms with van der Waals surface area (Å²) in [5.74, 6) is 0.0215. The van der Waals surface area contributed by atoms with Crippen LogP contribution in [0.15, 0.2) is 53.4 Å². The van der Waals surface area contributed by atoms with Crippen molar-refractivity contribution in [2.75, 3.05) is 5.75 Å². The van der Waals surface area contributed by atoms with Crippen molar-refractivity contribution in [3.63, 3.8) is 0 Å². The number of benzene rings is 2. The molecule has 1 aliphatic heterocycles. The Morgan fingerprint density at radius 1 is 1.08 bits per heavy atom. The number of rotatable bonds is 10. The van der Waals surface area contributed by atoms with Crippen molar-refractivity contribution in [3.05, 3.63) is 75.2 Å². The highest BCUT2D eigenvalue weighted by molar-refractivity contribution is 7.91. The maximum absolute atomic E-state index is 12.7. The molecule has 1 aromatic heterocycles. The van der Waals surface area contributed by atoms with Gasteiger partial charge in [-0.3, -0.25) is 9.69 Å². The first-order chi connectivity index (χ1) is 17.8. The number of hydrogen-bond donors (Lipinski definition) is 0. The Labute approximate surface area is 224 Å². The van der Waals surface area contributed by atoms with Crippen LogP contribution in [0.1, 0.15) is 53.5 Å². The van der Waals surface area contributed by atoms with Crippen molar-refractivity contribution in [1.82, 2.24) is 9.88 Å². The molecular weight excluding hydrogens is 537 g/mol. The van der Waals surface area contributed by atoms with Crippen LogP contribution < -0.4 is 4.74 Å². The maximum atomic E-state index is 12.7. The molecule has 2 aromatic carbocycles. The van der Waals surface area contributed by atoms with Crippen LogP contribution in [0.5, 0.6) is 5.75 Å². The highest BCUT2D eigenvalue weighted by Gasteiger charge is 2.36. The van der Waals surface area contributed by atoms with Gasteiger partial charge >= 0.3 is 6.36 Å². The lowest BCUT2D eigenvalue weighted by Gasteiger charge is -2.27. The first-order valence-corrected chi connectivity index (χ1v) is 14.7. The average molecular weight is 567 g/mol. The minimum Gasteiger partial charge on any atom is -0.406 e. The molecule has 38 heavy (non-hydrogen) atoms. The van der Waals surface area contributed by atoms with E-state index in [1.807, 2.05) is 0 Å². The summed E-state index contributed by atoms with van der Waals surface area (Å²) in [7, 11) is -3.28. The Morgan fingerprint density at radius 3 is 2.29 bits per heavy atom. The number of halogens is 3. The van der Waals surface area contributed by atoms with Crippen LogP contribution in [0.2, 0.25) is 0 Å². The molecule has 11 heteroatoms. The summed E-state index contributed by atoms with van der Waals surface area (Å²) in [6, 6.07) is 12.4. The van der Waals surface area contributed by atoms with Gasteiger partial charge in [-0.2, -0.15) is 0 Å². The van der Waals surface area contributed by atoms with Gasteiger partial charge < -0.3 is 4.74 Å². The zero-order chi connectivity index (χ0) is 27.7. The highest BCUT2D eigenvalue weighted by atomic mass is 32.2. The third kappa shape index (κ3) is 6.81. The van der Waals surface area contributed by atoms with Crippen LogP contribution >= 0.6 is 11.3 Å². The van der Waals surface area contributed by atoms with Crippen LogP contribution in [0, 0.1) is 5.92 Å². The molecule has 0 saturated carbocycles. The fraction of sp³-hybridized carbons (Fsp3) is 0.407. The van der Waals surface area contributed by atoms with Crippen LogP contribution in [0.25, 0.3) is 0 Å². The molecule has 0 saturated heterocycles. The molecule has 0 fully saturated rings. The zero-order valence-corrected chi connectivity index (χ0v) is 22.9. The predicted molar refractivity (Wildman–Crippen MR) is 139 cm³/mol. The Hall–Kier alpha value is -2.76. The summed E-state index contributed by atoms with van der Waals surface area (Å²) >= 11 is 1.52. The molecular formula is C27H29F3N2O4S2. The van der Waals surface area contributed by atoms with E-state index in [4.69, 9.17) is 4.98 Å². The number of carbonyl (C=O) groups excluding carboxylic acids is 1. The quantitative estimate of drug-likeness (QED) is 0.304. The van der Waals surface area contributed by atoms with E-state index in [2.05, 4.69) is 23.5 Å². The first kappa shape index (κ1) is 28.3. The monoisotopic (exact) mass is 566 g/mol. The second-order valence-electron chi connectivity index (χ2n) is 9.64. The molecule has 0 N–H and O–H groups in total. The van der Waals surface area contributed by atoms with Crippen molar-refractivity contribution in [2.45, 2.75) is 64.0 Å². The number of fused-ring (bicyclic) bond motifs is 1. The molecule has 4 rings (SSSR count). The summed E-state index contributed by atoms with van der Waals surface area (Å²) in [6.07, 6.45) is -4.32. The molecule has 2 heterocycles. The largest absolute Gasteiger partial charge is 0.573 e. The number of alkyl halides is 3. The van der Waals surface area contributed by atoms with Gasteiger partial charge in [-0.15, -0.1) is 24.5 Å². The van der Waals surface area contributed by atoms with Crippen molar-refractivity contribution in [3.8, 4) is 5.75 Å². The third-order valence-corrected chi connectivity index (χ3v) is 9.18. The summed E-state index contributed by atoms with van der Waals surface area (Å²) in [6.45, 7) is 6.99. The number of ketones is 1. The number of thiazole rings is 1. The van der Waals surface area contributed by atoms with E-state index in [9.17, 15) is 26.4 Å².